The van der Waals surface area contributed by atoms with Crippen LogP contribution in [0.4, 0.5) is 5.69 Å². The van der Waals surface area contributed by atoms with Crippen molar-refractivity contribution in [3.05, 3.63) is 30.3 Å². The average Bonchev–Trinajstić information content (AvgIpc) is 2.43. The van der Waals surface area contributed by atoms with Crippen molar-refractivity contribution in [2.75, 3.05) is 12.0 Å². The standard InChI is InChI=1S/C14H19NO3/c1-4-12(14(17)18-3)15(13(16)5-2)11-9-7-6-8-10-11/h6-10,12H,4-5H2,1-3H3. The summed E-state index contributed by atoms with van der Waals surface area (Å²) in [4.78, 5) is 25.3. The summed E-state index contributed by atoms with van der Waals surface area (Å²) < 4.78 is 4.77. The third-order valence-electron chi connectivity index (χ3n) is 2.78. The maximum Gasteiger partial charge on any atom is 0.328 e. The first kappa shape index (κ1) is 14.2. The Bertz CT molecular complexity index is 403. The Morgan fingerprint density at radius 1 is 1.22 bits per heavy atom. The Balaban J connectivity index is 3.12. The molecule has 4 nitrogen and oxygen atoms in total. The monoisotopic (exact) mass is 249 g/mol. The number of carbonyl (C=O) groups excluding carboxylic acids is 2. The molecule has 4 heteroatoms. The number of nitrogens with zero attached hydrogens (tertiary/aromatic N) is 1. The Labute approximate surface area is 108 Å². The molecule has 0 N–H and O–H groups in total. The second kappa shape index (κ2) is 6.79. The fourth-order valence-electron chi connectivity index (χ4n) is 1.85. The summed E-state index contributed by atoms with van der Waals surface area (Å²) >= 11 is 0. The Morgan fingerprint density at radius 2 is 1.83 bits per heavy atom. The third kappa shape index (κ3) is 3.09. The van der Waals surface area contributed by atoms with Crippen LogP contribution in [-0.4, -0.2) is 25.0 Å². The molecule has 0 radical (unpaired) electrons. The highest BCUT2D eigenvalue weighted by Crippen LogP contribution is 2.20. The van der Waals surface area contributed by atoms with Crippen LogP contribution in [0.2, 0.25) is 0 Å². The van der Waals surface area contributed by atoms with Gasteiger partial charge in [0.05, 0.1) is 7.11 Å². The predicted octanol–water partition coefficient (Wildman–Crippen LogP) is 2.38. The number of para-hydroxylation sites is 1. The van der Waals surface area contributed by atoms with Crippen LogP contribution in [0.3, 0.4) is 0 Å². The van der Waals surface area contributed by atoms with E-state index in [0.29, 0.717) is 12.8 Å². The number of hydrogen-bond donors (Lipinski definition) is 0. The van der Waals surface area contributed by atoms with Crippen LogP contribution in [0.15, 0.2) is 30.3 Å². The highest BCUT2D eigenvalue weighted by Gasteiger charge is 2.29. The molecule has 98 valence electrons. The molecule has 1 amide bonds. The van der Waals surface area contributed by atoms with Gasteiger partial charge in [0.25, 0.3) is 0 Å². The second-order valence-electron chi connectivity index (χ2n) is 3.90. The molecule has 0 saturated carbocycles. The third-order valence-corrected chi connectivity index (χ3v) is 2.78. The van der Waals surface area contributed by atoms with E-state index in [2.05, 4.69) is 0 Å². The van der Waals surface area contributed by atoms with Gasteiger partial charge in [0.2, 0.25) is 5.91 Å². The minimum Gasteiger partial charge on any atom is -0.467 e. The molecule has 1 atom stereocenters. The zero-order chi connectivity index (χ0) is 13.5. The number of methoxy groups -OCH3 is 1. The minimum atomic E-state index is -0.565. The van der Waals surface area contributed by atoms with Gasteiger partial charge < -0.3 is 4.74 Å². The second-order valence-corrected chi connectivity index (χ2v) is 3.90. The first-order valence-corrected chi connectivity index (χ1v) is 6.10. The summed E-state index contributed by atoms with van der Waals surface area (Å²) in [5.41, 5.74) is 0.724. The lowest BCUT2D eigenvalue weighted by Gasteiger charge is -2.29. The molecule has 1 aromatic rings. The molecular weight excluding hydrogens is 230 g/mol. The SMILES string of the molecule is CCC(=O)N(c1ccccc1)C(CC)C(=O)OC. The van der Waals surface area contributed by atoms with Gasteiger partial charge in [-0.3, -0.25) is 9.69 Å². The van der Waals surface area contributed by atoms with E-state index in [-0.39, 0.29) is 11.9 Å². The van der Waals surface area contributed by atoms with Crippen LogP contribution >= 0.6 is 0 Å². The van der Waals surface area contributed by atoms with Crippen molar-refractivity contribution in [1.29, 1.82) is 0 Å². The van der Waals surface area contributed by atoms with Crippen LogP contribution in [-0.2, 0) is 14.3 Å². The molecule has 1 rings (SSSR count). The fourth-order valence-corrected chi connectivity index (χ4v) is 1.85. The van der Waals surface area contributed by atoms with E-state index in [1.807, 2.05) is 37.3 Å². The topological polar surface area (TPSA) is 46.6 Å². The number of anilines is 1. The van der Waals surface area contributed by atoms with Gasteiger partial charge in [0.15, 0.2) is 0 Å². The quantitative estimate of drug-likeness (QED) is 0.753. The Hall–Kier alpha value is -1.84. The number of hydrogen-bond acceptors (Lipinski definition) is 3. The number of ether oxygens (including phenoxy) is 1. The Morgan fingerprint density at radius 3 is 2.28 bits per heavy atom. The fraction of sp³-hybridized carbons (Fsp3) is 0.429. The van der Waals surface area contributed by atoms with Gasteiger partial charge in [-0.1, -0.05) is 32.0 Å². The molecular formula is C14H19NO3. The van der Waals surface area contributed by atoms with Crippen molar-refractivity contribution in [3.63, 3.8) is 0 Å². The summed E-state index contributed by atoms with van der Waals surface area (Å²) in [5, 5.41) is 0. The molecule has 0 aliphatic heterocycles. The minimum absolute atomic E-state index is 0.0848. The molecule has 0 aromatic heterocycles. The number of benzene rings is 1. The molecule has 0 spiro atoms. The van der Waals surface area contributed by atoms with E-state index in [9.17, 15) is 9.59 Å². The van der Waals surface area contributed by atoms with Gasteiger partial charge in [0, 0.05) is 12.1 Å². The Kier molecular flexibility index (Phi) is 5.36. The molecule has 0 saturated heterocycles. The highest BCUT2D eigenvalue weighted by molar-refractivity contribution is 5.99. The van der Waals surface area contributed by atoms with E-state index in [1.54, 1.807) is 6.92 Å². The van der Waals surface area contributed by atoms with Crippen molar-refractivity contribution in [1.82, 2.24) is 0 Å². The number of rotatable bonds is 5. The van der Waals surface area contributed by atoms with Crippen molar-refractivity contribution >= 4 is 17.6 Å². The van der Waals surface area contributed by atoms with Gasteiger partial charge in [-0.15, -0.1) is 0 Å². The smallest absolute Gasteiger partial charge is 0.328 e. The van der Waals surface area contributed by atoms with Crippen molar-refractivity contribution in [2.45, 2.75) is 32.7 Å². The molecule has 1 aromatic carbocycles. The molecule has 0 aliphatic rings. The molecule has 18 heavy (non-hydrogen) atoms. The number of carbonyl (C=O) groups is 2. The summed E-state index contributed by atoms with van der Waals surface area (Å²) in [7, 11) is 1.34. The molecule has 0 bridgehead atoms. The lowest BCUT2D eigenvalue weighted by atomic mass is 10.1. The summed E-state index contributed by atoms with van der Waals surface area (Å²) in [6, 6.07) is 8.63. The lowest BCUT2D eigenvalue weighted by Crippen LogP contribution is -2.45. The molecule has 0 aliphatic carbocycles. The predicted molar refractivity (Wildman–Crippen MR) is 70.3 cm³/mol. The van der Waals surface area contributed by atoms with Gasteiger partial charge in [0.1, 0.15) is 6.04 Å². The van der Waals surface area contributed by atoms with Crippen LogP contribution in [0.1, 0.15) is 26.7 Å². The van der Waals surface area contributed by atoms with Crippen molar-refractivity contribution in [2.24, 2.45) is 0 Å². The largest absolute Gasteiger partial charge is 0.467 e. The van der Waals surface area contributed by atoms with Crippen molar-refractivity contribution < 1.29 is 14.3 Å². The summed E-state index contributed by atoms with van der Waals surface area (Å²) in [5.74, 6) is -0.471. The molecule has 1 unspecified atom stereocenters. The maximum absolute atomic E-state index is 12.1. The molecule has 0 fully saturated rings. The molecule has 0 heterocycles. The van der Waals surface area contributed by atoms with Gasteiger partial charge in [-0.2, -0.15) is 0 Å². The first-order valence-electron chi connectivity index (χ1n) is 6.10. The van der Waals surface area contributed by atoms with Gasteiger partial charge >= 0.3 is 5.97 Å². The number of esters is 1. The first-order chi connectivity index (χ1) is 8.65. The van der Waals surface area contributed by atoms with Gasteiger partial charge in [-0.05, 0) is 18.6 Å². The summed E-state index contributed by atoms with van der Waals surface area (Å²) in [6.07, 6.45) is 0.871. The van der Waals surface area contributed by atoms with Crippen LogP contribution in [0, 0.1) is 0 Å². The van der Waals surface area contributed by atoms with Gasteiger partial charge in [-0.25, -0.2) is 4.79 Å². The van der Waals surface area contributed by atoms with E-state index in [1.165, 1.54) is 12.0 Å². The van der Waals surface area contributed by atoms with E-state index in [4.69, 9.17) is 4.74 Å². The van der Waals surface area contributed by atoms with E-state index in [0.717, 1.165) is 5.69 Å². The van der Waals surface area contributed by atoms with Crippen LogP contribution in [0.25, 0.3) is 0 Å². The van der Waals surface area contributed by atoms with Crippen molar-refractivity contribution in [3.8, 4) is 0 Å². The van der Waals surface area contributed by atoms with Crippen LogP contribution in [0.5, 0.6) is 0 Å². The highest BCUT2D eigenvalue weighted by atomic mass is 16.5. The average molecular weight is 249 g/mol. The van der Waals surface area contributed by atoms with E-state index >= 15 is 0 Å². The zero-order valence-electron chi connectivity index (χ0n) is 11.1. The van der Waals surface area contributed by atoms with Crippen LogP contribution < -0.4 is 4.90 Å². The zero-order valence-corrected chi connectivity index (χ0v) is 11.1. The maximum atomic E-state index is 12.1. The number of amides is 1. The summed E-state index contributed by atoms with van der Waals surface area (Å²) in [6.45, 7) is 3.64. The normalized spacial score (nSPS) is 11.7. The van der Waals surface area contributed by atoms with E-state index < -0.39 is 6.04 Å². The lowest BCUT2D eigenvalue weighted by molar-refractivity contribution is -0.143.